The molecule has 0 aliphatic heterocycles. The Bertz CT molecular complexity index is 504. The third-order valence-corrected chi connectivity index (χ3v) is 3.11. The van der Waals surface area contributed by atoms with Crippen molar-refractivity contribution in [3.8, 4) is 0 Å². The van der Waals surface area contributed by atoms with Crippen LogP contribution in [-0.4, -0.2) is 32.3 Å². The molecule has 1 heterocycles. The van der Waals surface area contributed by atoms with E-state index in [0.29, 0.717) is 16.4 Å². The number of rotatable bonds is 4. The summed E-state index contributed by atoms with van der Waals surface area (Å²) < 4.78 is 0. The molecule has 5 nitrogen and oxygen atoms in total. The molecule has 2 rings (SSSR count). The van der Waals surface area contributed by atoms with Gasteiger partial charge in [-0.05, 0) is 17.9 Å². The van der Waals surface area contributed by atoms with E-state index in [1.54, 1.807) is 18.2 Å². The lowest BCUT2D eigenvalue weighted by Crippen LogP contribution is -2.29. The van der Waals surface area contributed by atoms with Gasteiger partial charge in [0.05, 0.1) is 0 Å². The number of aryl methyl sites for hydroxylation is 1. The second-order valence-electron chi connectivity index (χ2n) is 3.61. The molecule has 0 fully saturated rings. The predicted molar refractivity (Wildman–Crippen MR) is 66.9 cm³/mol. The molecule has 1 aromatic carbocycles. The Morgan fingerprint density at radius 2 is 2.24 bits per heavy atom. The van der Waals surface area contributed by atoms with Gasteiger partial charge in [-0.3, -0.25) is 5.10 Å². The minimum absolute atomic E-state index is 0.495. The van der Waals surface area contributed by atoms with Crippen LogP contribution in [0.15, 0.2) is 29.4 Å². The zero-order chi connectivity index (χ0) is 12.3. The van der Waals surface area contributed by atoms with Crippen LogP contribution in [0.5, 0.6) is 0 Å². The summed E-state index contributed by atoms with van der Waals surface area (Å²) in [7, 11) is -1.43. The molecule has 3 N–H and O–H groups in total. The van der Waals surface area contributed by atoms with E-state index in [0.717, 1.165) is 11.4 Å². The number of hydrogen-bond donors (Lipinski definition) is 3. The van der Waals surface area contributed by atoms with E-state index >= 15 is 0 Å². The Labute approximate surface area is 103 Å². The second kappa shape index (κ2) is 5.35. The summed E-state index contributed by atoms with van der Waals surface area (Å²) in [5.74, 6) is 1.48. The van der Waals surface area contributed by atoms with Crippen LogP contribution in [0.1, 0.15) is 11.4 Å². The van der Waals surface area contributed by atoms with Crippen LogP contribution in [0.3, 0.4) is 0 Å². The highest BCUT2D eigenvalue weighted by molar-refractivity contribution is 7.98. The molecule has 0 spiro atoms. The van der Waals surface area contributed by atoms with Gasteiger partial charge >= 0.3 is 7.12 Å². The summed E-state index contributed by atoms with van der Waals surface area (Å²) in [6, 6.07) is 7.17. The molecule has 88 valence electrons. The molecule has 0 saturated carbocycles. The zero-order valence-corrected chi connectivity index (χ0v) is 10.1. The molecule has 17 heavy (non-hydrogen) atoms. The van der Waals surface area contributed by atoms with Crippen molar-refractivity contribution in [1.29, 1.82) is 0 Å². The van der Waals surface area contributed by atoms with E-state index in [1.165, 1.54) is 11.8 Å². The lowest BCUT2D eigenvalue weighted by molar-refractivity contribution is 0.425. The first-order chi connectivity index (χ1) is 8.15. The van der Waals surface area contributed by atoms with Crippen molar-refractivity contribution < 1.29 is 10.0 Å². The fourth-order valence-corrected chi connectivity index (χ4v) is 2.17. The molecule has 7 heteroatoms. The number of thioether (sulfide) groups is 1. The van der Waals surface area contributed by atoms with Crippen LogP contribution in [0.4, 0.5) is 0 Å². The summed E-state index contributed by atoms with van der Waals surface area (Å²) in [5.41, 5.74) is 1.50. The number of benzene rings is 1. The van der Waals surface area contributed by atoms with Gasteiger partial charge in [-0.15, -0.1) is 5.10 Å². The van der Waals surface area contributed by atoms with Crippen molar-refractivity contribution in [3.63, 3.8) is 0 Å². The molecule has 0 aliphatic rings. The lowest BCUT2D eigenvalue weighted by Gasteiger charge is -2.02. The van der Waals surface area contributed by atoms with Gasteiger partial charge < -0.3 is 10.0 Å². The normalized spacial score (nSPS) is 10.5. The third-order valence-electron chi connectivity index (χ3n) is 2.19. The van der Waals surface area contributed by atoms with Gasteiger partial charge in [0.15, 0.2) is 0 Å². The van der Waals surface area contributed by atoms with E-state index in [9.17, 15) is 0 Å². The lowest BCUT2D eigenvalue weighted by atomic mass is 9.80. The van der Waals surface area contributed by atoms with E-state index in [-0.39, 0.29) is 0 Å². The van der Waals surface area contributed by atoms with E-state index < -0.39 is 7.12 Å². The Kier molecular flexibility index (Phi) is 3.83. The van der Waals surface area contributed by atoms with Crippen LogP contribution in [0.25, 0.3) is 0 Å². The summed E-state index contributed by atoms with van der Waals surface area (Å²) in [6.45, 7) is 1.85. The molecular weight excluding hydrogens is 237 g/mol. The number of nitrogens with zero attached hydrogens (tertiary/aromatic N) is 2. The average molecular weight is 249 g/mol. The number of nitrogens with one attached hydrogen (secondary N) is 1. The van der Waals surface area contributed by atoms with Crippen molar-refractivity contribution in [3.05, 3.63) is 35.7 Å². The molecule has 0 unspecified atom stereocenters. The Morgan fingerprint density at radius 1 is 1.41 bits per heavy atom. The quantitative estimate of drug-likeness (QED) is 0.528. The van der Waals surface area contributed by atoms with Crippen LogP contribution in [0.2, 0.25) is 0 Å². The average Bonchev–Trinajstić information content (AvgIpc) is 2.73. The van der Waals surface area contributed by atoms with E-state index in [1.807, 2.05) is 13.0 Å². The predicted octanol–water partition coefficient (Wildman–Crippen LogP) is 0.0852. The Morgan fingerprint density at radius 3 is 2.88 bits per heavy atom. The monoisotopic (exact) mass is 249 g/mol. The first-order valence-corrected chi connectivity index (χ1v) is 6.10. The summed E-state index contributed by atoms with van der Waals surface area (Å²) in [6.07, 6.45) is 0. The Balaban J connectivity index is 2.01. The zero-order valence-electron chi connectivity index (χ0n) is 9.29. The summed E-state index contributed by atoms with van der Waals surface area (Å²) in [4.78, 5) is 4.18. The maximum atomic E-state index is 9.06. The first kappa shape index (κ1) is 12.2. The number of aromatic nitrogens is 3. The van der Waals surface area contributed by atoms with Gasteiger partial charge in [0, 0.05) is 5.75 Å². The highest BCUT2D eigenvalue weighted by Gasteiger charge is 2.11. The fraction of sp³-hybridized carbons (Fsp3) is 0.200. The van der Waals surface area contributed by atoms with Crippen LogP contribution < -0.4 is 5.46 Å². The van der Waals surface area contributed by atoms with E-state index in [2.05, 4.69) is 15.2 Å². The van der Waals surface area contributed by atoms with Gasteiger partial charge in [-0.2, -0.15) is 0 Å². The fourth-order valence-electron chi connectivity index (χ4n) is 1.38. The summed E-state index contributed by atoms with van der Waals surface area (Å²) in [5, 5.41) is 25.6. The molecule has 0 amide bonds. The minimum atomic E-state index is -1.43. The third kappa shape index (κ3) is 3.32. The molecule has 0 saturated heterocycles. The molecule has 0 aliphatic carbocycles. The highest BCUT2D eigenvalue weighted by Crippen LogP contribution is 2.18. The highest BCUT2D eigenvalue weighted by atomic mass is 32.2. The van der Waals surface area contributed by atoms with Crippen LogP contribution in [-0.2, 0) is 5.75 Å². The van der Waals surface area contributed by atoms with Crippen molar-refractivity contribution in [2.24, 2.45) is 0 Å². The van der Waals surface area contributed by atoms with Crippen molar-refractivity contribution in [2.75, 3.05) is 0 Å². The molecule has 0 bridgehead atoms. The van der Waals surface area contributed by atoms with Gasteiger partial charge in [-0.25, -0.2) is 4.98 Å². The molecule has 2 aromatic rings. The van der Waals surface area contributed by atoms with Crippen LogP contribution in [0, 0.1) is 6.92 Å². The smallest absolute Gasteiger partial charge is 0.423 e. The second-order valence-corrected chi connectivity index (χ2v) is 4.55. The number of hydrogen-bond acceptors (Lipinski definition) is 5. The van der Waals surface area contributed by atoms with Gasteiger partial charge in [0.1, 0.15) is 5.82 Å². The minimum Gasteiger partial charge on any atom is -0.423 e. The topological polar surface area (TPSA) is 82.0 Å². The van der Waals surface area contributed by atoms with Crippen molar-refractivity contribution in [2.45, 2.75) is 17.8 Å². The molecule has 1 aromatic heterocycles. The Hall–Kier alpha value is -1.31. The van der Waals surface area contributed by atoms with E-state index in [4.69, 9.17) is 10.0 Å². The maximum Gasteiger partial charge on any atom is 0.488 e. The van der Waals surface area contributed by atoms with Gasteiger partial charge in [0.25, 0.3) is 0 Å². The van der Waals surface area contributed by atoms with Gasteiger partial charge in [0.2, 0.25) is 5.16 Å². The van der Waals surface area contributed by atoms with Crippen molar-refractivity contribution >= 4 is 24.3 Å². The van der Waals surface area contributed by atoms with Crippen molar-refractivity contribution in [1.82, 2.24) is 15.2 Å². The first-order valence-electron chi connectivity index (χ1n) is 5.12. The largest absolute Gasteiger partial charge is 0.488 e. The maximum absolute atomic E-state index is 9.06. The number of aromatic amines is 1. The molecular formula is C10H12BN3O2S. The molecule has 0 atom stereocenters. The summed E-state index contributed by atoms with van der Waals surface area (Å²) >= 11 is 1.50. The van der Waals surface area contributed by atoms with Crippen LogP contribution >= 0.6 is 11.8 Å². The SMILES string of the molecule is Cc1nc(SCc2cccc(B(O)O)c2)n[nH]1. The molecule has 0 radical (unpaired) electrons. The number of H-pyrrole nitrogens is 1. The standard InChI is InChI=1S/C10H12BN3O2S/c1-7-12-10(14-13-7)17-6-8-3-2-4-9(5-8)11(15)16/h2-5,15-16H,6H2,1H3,(H,12,13,14). The van der Waals surface area contributed by atoms with Gasteiger partial charge in [-0.1, -0.05) is 36.0 Å².